The molecule has 2 atom stereocenters. The van der Waals surface area contributed by atoms with Gasteiger partial charge in [0.05, 0.1) is 18.6 Å². The number of Topliss-reactive ketones (excluding diaryl/α,β-unsaturated/α-hetero) is 1. The van der Waals surface area contributed by atoms with E-state index in [-0.39, 0.29) is 31.1 Å². The van der Waals surface area contributed by atoms with E-state index in [9.17, 15) is 23.9 Å². The highest BCUT2D eigenvalue weighted by molar-refractivity contribution is 6.45. The molecule has 0 spiro atoms. The van der Waals surface area contributed by atoms with Gasteiger partial charge in [0.1, 0.15) is 11.5 Å². The van der Waals surface area contributed by atoms with Gasteiger partial charge in [-0.15, -0.1) is 0 Å². The number of rotatable bonds is 12. The minimum absolute atomic E-state index is 0.0203. The molecule has 2 N–H and O–H groups in total. The number of carbonyl (C=O) groups is 3. The Kier molecular flexibility index (Phi) is 9.34. The number of hydrogen-bond donors (Lipinski definition) is 2. The van der Waals surface area contributed by atoms with E-state index >= 15 is 0 Å². The smallest absolute Gasteiger partial charge is 0.311 e. The molecule has 9 heteroatoms. The van der Waals surface area contributed by atoms with Gasteiger partial charge in [0.15, 0.2) is 5.78 Å². The van der Waals surface area contributed by atoms with Gasteiger partial charge in [-0.2, -0.15) is 0 Å². The molecule has 1 amide bonds. The second-order valence-corrected chi connectivity index (χ2v) is 9.77. The van der Waals surface area contributed by atoms with Gasteiger partial charge in [-0.3, -0.25) is 19.4 Å². The molecule has 1 aliphatic heterocycles. The topological polar surface area (TPSA) is 105 Å². The Morgan fingerprint density at radius 1 is 1.22 bits per heavy atom. The van der Waals surface area contributed by atoms with Gasteiger partial charge in [0, 0.05) is 28.8 Å². The van der Waals surface area contributed by atoms with Crippen LogP contribution in [0.1, 0.15) is 32.8 Å². The SMILES string of the molecule is CCOC[C@](C)(C[C@@H](Cc1ccc(-c2cc(Cl)ccc2F)cc1)NC(=O)C1=NCC(C(C)=O)=C1)C(=O)O. The van der Waals surface area contributed by atoms with Crippen LogP contribution in [0.3, 0.4) is 0 Å². The van der Waals surface area contributed by atoms with Crippen molar-refractivity contribution in [2.75, 3.05) is 19.8 Å². The largest absolute Gasteiger partial charge is 0.481 e. The van der Waals surface area contributed by atoms with Crippen LogP contribution in [-0.2, 0) is 25.5 Å². The standard InChI is InChI=1S/C28H30ClFN2O5/c1-4-37-16-28(3,27(35)36)14-22(32-26(34)25-12-20(15-31-25)17(2)33)11-18-5-7-19(8-6-18)23-13-21(29)9-10-24(23)30/h5-10,12-13,22H,4,11,14-16H2,1-3H3,(H,32,34)(H,35,36)/t22-,28+/m1/s1. The third-order valence-corrected chi connectivity index (χ3v) is 6.50. The predicted octanol–water partition coefficient (Wildman–Crippen LogP) is 4.66. The molecule has 196 valence electrons. The molecule has 0 unspecified atom stereocenters. The lowest BCUT2D eigenvalue weighted by atomic mass is 9.82. The fourth-order valence-electron chi connectivity index (χ4n) is 4.11. The van der Waals surface area contributed by atoms with E-state index < -0.39 is 29.2 Å². The number of amides is 1. The Bertz CT molecular complexity index is 1240. The van der Waals surface area contributed by atoms with E-state index in [2.05, 4.69) is 10.3 Å². The lowest BCUT2D eigenvalue weighted by Gasteiger charge is -2.30. The number of carbonyl (C=O) groups excluding carboxylic acids is 2. The van der Waals surface area contributed by atoms with Crippen LogP contribution in [0.4, 0.5) is 4.39 Å². The summed E-state index contributed by atoms with van der Waals surface area (Å²) < 4.78 is 19.7. The van der Waals surface area contributed by atoms with Gasteiger partial charge >= 0.3 is 5.97 Å². The first-order valence-electron chi connectivity index (χ1n) is 11.9. The first-order chi connectivity index (χ1) is 17.5. The number of ether oxygens (including phenoxy) is 1. The summed E-state index contributed by atoms with van der Waals surface area (Å²) in [4.78, 5) is 40.9. The van der Waals surface area contributed by atoms with Crippen LogP contribution in [0.25, 0.3) is 11.1 Å². The maximum atomic E-state index is 14.3. The van der Waals surface area contributed by atoms with Crippen molar-refractivity contribution in [2.45, 2.75) is 39.7 Å². The number of ketones is 1. The van der Waals surface area contributed by atoms with E-state index in [1.54, 1.807) is 44.2 Å². The fraction of sp³-hybridized carbons (Fsp3) is 0.357. The molecule has 0 aliphatic carbocycles. The maximum absolute atomic E-state index is 14.3. The number of carboxylic acid groups (broad SMARTS) is 1. The van der Waals surface area contributed by atoms with Crippen LogP contribution in [0.5, 0.6) is 0 Å². The Labute approximate surface area is 220 Å². The molecule has 2 aromatic carbocycles. The zero-order valence-electron chi connectivity index (χ0n) is 21.0. The summed E-state index contributed by atoms with van der Waals surface area (Å²) in [6.07, 6.45) is 1.87. The number of halogens is 2. The second-order valence-electron chi connectivity index (χ2n) is 9.33. The number of carboxylic acids is 1. The molecule has 1 aliphatic rings. The van der Waals surface area contributed by atoms with Crippen LogP contribution in [0, 0.1) is 11.2 Å². The minimum Gasteiger partial charge on any atom is -0.481 e. The third-order valence-electron chi connectivity index (χ3n) is 6.26. The molecule has 0 saturated heterocycles. The van der Waals surface area contributed by atoms with Crippen molar-refractivity contribution in [1.82, 2.24) is 5.32 Å². The fourth-order valence-corrected chi connectivity index (χ4v) is 4.29. The van der Waals surface area contributed by atoms with Crippen molar-refractivity contribution in [2.24, 2.45) is 10.4 Å². The molecule has 37 heavy (non-hydrogen) atoms. The summed E-state index contributed by atoms with van der Waals surface area (Å²) in [5.41, 5.74) is 1.13. The Balaban J connectivity index is 1.84. The average molecular weight is 529 g/mol. The number of nitrogens with one attached hydrogen (secondary N) is 1. The van der Waals surface area contributed by atoms with Crippen LogP contribution < -0.4 is 5.32 Å². The van der Waals surface area contributed by atoms with Gasteiger partial charge in [-0.05, 0) is 69.0 Å². The number of benzene rings is 2. The van der Waals surface area contributed by atoms with Crippen molar-refractivity contribution in [3.8, 4) is 11.1 Å². The Morgan fingerprint density at radius 3 is 2.51 bits per heavy atom. The number of hydrogen-bond acceptors (Lipinski definition) is 5. The predicted molar refractivity (Wildman–Crippen MR) is 140 cm³/mol. The summed E-state index contributed by atoms with van der Waals surface area (Å²) >= 11 is 6.02. The van der Waals surface area contributed by atoms with Gasteiger partial charge in [-0.1, -0.05) is 35.9 Å². The molecule has 0 saturated carbocycles. The summed E-state index contributed by atoms with van der Waals surface area (Å²) in [6.45, 7) is 5.25. The molecule has 2 aromatic rings. The molecule has 0 radical (unpaired) electrons. The zero-order chi connectivity index (χ0) is 27.2. The average Bonchev–Trinajstić information content (AvgIpc) is 3.36. The monoisotopic (exact) mass is 528 g/mol. The van der Waals surface area contributed by atoms with Gasteiger partial charge in [0.25, 0.3) is 5.91 Å². The molecule has 1 heterocycles. The van der Waals surface area contributed by atoms with Gasteiger partial charge in [-0.25, -0.2) is 4.39 Å². The Morgan fingerprint density at radius 2 is 1.92 bits per heavy atom. The molecule has 0 aromatic heterocycles. The summed E-state index contributed by atoms with van der Waals surface area (Å²) in [6, 6.07) is 10.9. The lowest BCUT2D eigenvalue weighted by Crippen LogP contribution is -2.46. The van der Waals surface area contributed by atoms with E-state index in [1.165, 1.54) is 25.1 Å². The molecule has 0 bridgehead atoms. The van der Waals surface area contributed by atoms with E-state index in [1.807, 2.05) is 0 Å². The van der Waals surface area contributed by atoms with Crippen LogP contribution in [0.2, 0.25) is 5.02 Å². The minimum atomic E-state index is -1.25. The van der Waals surface area contributed by atoms with Gasteiger partial charge < -0.3 is 15.2 Å². The molecule has 0 fully saturated rings. The van der Waals surface area contributed by atoms with Crippen LogP contribution in [-0.4, -0.2) is 54.3 Å². The normalized spacial score (nSPS) is 15.4. The van der Waals surface area contributed by atoms with Crippen LogP contribution in [0.15, 0.2) is 59.1 Å². The number of aliphatic carboxylic acids is 1. The van der Waals surface area contributed by atoms with Crippen molar-refractivity contribution in [1.29, 1.82) is 0 Å². The van der Waals surface area contributed by atoms with Crippen molar-refractivity contribution in [3.05, 3.63) is 70.5 Å². The highest BCUT2D eigenvalue weighted by Gasteiger charge is 2.37. The second kappa shape index (κ2) is 12.3. The Hall–Kier alpha value is -3.36. The molecule has 7 nitrogen and oxygen atoms in total. The summed E-state index contributed by atoms with van der Waals surface area (Å²) in [7, 11) is 0. The number of nitrogens with zero attached hydrogens (tertiary/aromatic N) is 1. The van der Waals surface area contributed by atoms with Crippen LogP contribution >= 0.6 is 11.6 Å². The zero-order valence-corrected chi connectivity index (χ0v) is 21.8. The highest BCUT2D eigenvalue weighted by atomic mass is 35.5. The maximum Gasteiger partial charge on any atom is 0.311 e. The quantitative estimate of drug-likeness (QED) is 0.417. The molecule has 3 rings (SSSR count). The first kappa shape index (κ1) is 28.2. The highest BCUT2D eigenvalue weighted by Crippen LogP contribution is 2.29. The number of aliphatic imine (C=N–C) groups is 1. The van der Waals surface area contributed by atoms with Crippen molar-refractivity contribution in [3.63, 3.8) is 0 Å². The van der Waals surface area contributed by atoms with Crippen molar-refractivity contribution >= 4 is 35.0 Å². The van der Waals surface area contributed by atoms with E-state index in [4.69, 9.17) is 16.3 Å². The third kappa shape index (κ3) is 7.33. The summed E-state index contributed by atoms with van der Waals surface area (Å²) in [5, 5.41) is 13.2. The summed E-state index contributed by atoms with van der Waals surface area (Å²) in [5.74, 6) is -2.08. The van der Waals surface area contributed by atoms with E-state index in [0.29, 0.717) is 34.8 Å². The van der Waals surface area contributed by atoms with E-state index in [0.717, 1.165) is 5.56 Å². The van der Waals surface area contributed by atoms with Gasteiger partial charge in [0.2, 0.25) is 0 Å². The first-order valence-corrected chi connectivity index (χ1v) is 12.3. The molecular weight excluding hydrogens is 499 g/mol. The molecular formula is C28H30ClFN2O5. The lowest BCUT2D eigenvalue weighted by molar-refractivity contribution is -0.152. The van der Waals surface area contributed by atoms with Crippen molar-refractivity contribution < 1.29 is 28.6 Å².